The van der Waals surface area contributed by atoms with Crippen molar-refractivity contribution in [1.82, 2.24) is 10.1 Å². The van der Waals surface area contributed by atoms with Crippen molar-refractivity contribution in [2.75, 3.05) is 5.75 Å². The lowest BCUT2D eigenvalue weighted by molar-refractivity contribution is -0.141. The number of carbonyl (C=O) groups excluding carboxylic acids is 1. The molecule has 0 saturated heterocycles. The van der Waals surface area contributed by atoms with E-state index in [1.54, 1.807) is 6.92 Å². The molecule has 2 heterocycles. The highest BCUT2D eigenvalue weighted by Gasteiger charge is 2.11. The third kappa shape index (κ3) is 4.32. The first kappa shape index (κ1) is 18.2. The Balaban J connectivity index is 1.62. The van der Waals surface area contributed by atoms with Crippen LogP contribution in [0.4, 0.5) is 0 Å². The second kappa shape index (κ2) is 7.74. The molecular formula is C18H18N2O5S. The van der Waals surface area contributed by atoms with Crippen molar-refractivity contribution in [3.63, 3.8) is 0 Å². The summed E-state index contributed by atoms with van der Waals surface area (Å²) in [5, 5.41) is 4.53. The van der Waals surface area contributed by atoms with Crippen LogP contribution in [-0.2, 0) is 21.9 Å². The monoisotopic (exact) mass is 374 g/mol. The first-order chi connectivity index (χ1) is 12.4. The first-order valence-corrected chi connectivity index (χ1v) is 9.14. The van der Waals surface area contributed by atoms with Gasteiger partial charge in [0.25, 0.3) is 0 Å². The van der Waals surface area contributed by atoms with Gasteiger partial charge in [-0.3, -0.25) is 4.79 Å². The van der Waals surface area contributed by atoms with Crippen LogP contribution in [0.15, 0.2) is 31.9 Å². The van der Waals surface area contributed by atoms with Crippen molar-refractivity contribution in [2.24, 2.45) is 0 Å². The van der Waals surface area contributed by atoms with Crippen LogP contribution in [0.3, 0.4) is 0 Å². The van der Waals surface area contributed by atoms with Crippen molar-refractivity contribution < 1.29 is 18.5 Å². The summed E-state index contributed by atoms with van der Waals surface area (Å²) in [5.41, 5.74) is 2.77. The predicted octanol–water partition coefficient (Wildman–Crippen LogP) is 3.08. The number of thioether (sulfide) groups is 1. The molecule has 3 rings (SSSR count). The maximum Gasteiger partial charge on any atom is 0.336 e. The van der Waals surface area contributed by atoms with Gasteiger partial charge in [-0.25, -0.2) is 4.79 Å². The topological polar surface area (TPSA) is 95.4 Å². The van der Waals surface area contributed by atoms with Crippen molar-refractivity contribution in [3.8, 4) is 0 Å². The zero-order valence-corrected chi connectivity index (χ0v) is 15.5. The molecule has 8 heteroatoms. The standard InChI is InChI=1S/C18H18N2O5S/c1-10-4-14-13(6-17(21)24-15(14)5-11(10)2)7-23-18(22)9-26-8-16-19-12(3)25-20-16/h4-6H,7-9H2,1-3H3. The Labute approximate surface area is 153 Å². The number of aryl methyl sites for hydroxylation is 3. The van der Waals surface area contributed by atoms with Gasteiger partial charge in [-0.15, -0.1) is 11.8 Å². The van der Waals surface area contributed by atoms with E-state index in [0.29, 0.717) is 28.6 Å². The number of benzene rings is 1. The fraction of sp³-hybridized carbons (Fsp3) is 0.333. The molecule has 0 aliphatic rings. The molecule has 0 N–H and O–H groups in total. The van der Waals surface area contributed by atoms with Crippen LogP contribution in [0.2, 0.25) is 0 Å². The molecule has 7 nitrogen and oxygen atoms in total. The second-order valence-corrected chi connectivity index (χ2v) is 6.89. The molecule has 0 atom stereocenters. The van der Waals surface area contributed by atoms with Crippen LogP contribution in [0.1, 0.15) is 28.4 Å². The quantitative estimate of drug-likeness (QED) is 0.480. The van der Waals surface area contributed by atoms with Gasteiger partial charge in [0.05, 0.1) is 11.5 Å². The minimum absolute atomic E-state index is 0.0192. The number of hydrogen-bond acceptors (Lipinski definition) is 8. The van der Waals surface area contributed by atoms with E-state index in [1.165, 1.54) is 17.8 Å². The van der Waals surface area contributed by atoms with Gasteiger partial charge < -0.3 is 13.7 Å². The molecule has 3 aromatic rings. The second-order valence-electron chi connectivity index (χ2n) is 5.91. The Bertz CT molecular complexity index is 1010. The van der Waals surface area contributed by atoms with Gasteiger partial charge in [0.1, 0.15) is 12.2 Å². The third-order valence-electron chi connectivity index (χ3n) is 3.85. The largest absolute Gasteiger partial charge is 0.460 e. The van der Waals surface area contributed by atoms with Gasteiger partial charge in [0.2, 0.25) is 5.89 Å². The Morgan fingerprint density at radius 1 is 1.19 bits per heavy atom. The van der Waals surface area contributed by atoms with Crippen LogP contribution >= 0.6 is 11.8 Å². The molecule has 1 aromatic carbocycles. The lowest BCUT2D eigenvalue weighted by Crippen LogP contribution is -2.10. The molecule has 26 heavy (non-hydrogen) atoms. The molecule has 0 unspecified atom stereocenters. The maximum atomic E-state index is 11.9. The normalized spacial score (nSPS) is 11.0. The van der Waals surface area contributed by atoms with Gasteiger partial charge in [0.15, 0.2) is 5.82 Å². The van der Waals surface area contributed by atoms with Crippen LogP contribution in [0.25, 0.3) is 11.0 Å². The fourth-order valence-corrected chi connectivity index (χ4v) is 3.08. The number of rotatable bonds is 6. The zero-order valence-electron chi connectivity index (χ0n) is 14.7. The molecule has 0 bridgehead atoms. The van der Waals surface area contributed by atoms with E-state index in [4.69, 9.17) is 13.7 Å². The van der Waals surface area contributed by atoms with Crippen molar-refractivity contribution >= 4 is 28.7 Å². The molecule has 0 saturated carbocycles. The number of fused-ring (bicyclic) bond motifs is 1. The number of hydrogen-bond donors (Lipinski definition) is 0. The number of carbonyl (C=O) groups is 1. The van der Waals surface area contributed by atoms with E-state index in [-0.39, 0.29) is 18.3 Å². The molecule has 136 valence electrons. The lowest BCUT2D eigenvalue weighted by Gasteiger charge is -2.09. The molecule has 0 aliphatic carbocycles. The Morgan fingerprint density at radius 2 is 1.96 bits per heavy atom. The first-order valence-electron chi connectivity index (χ1n) is 7.99. The van der Waals surface area contributed by atoms with E-state index in [9.17, 15) is 9.59 Å². The van der Waals surface area contributed by atoms with E-state index in [0.717, 1.165) is 16.5 Å². The van der Waals surface area contributed by atoms with Crippen molar-refractivity contribution in [2.45, 2.75) is 33.1 Å². The van der Waals surface area contributed by atoms with Crippen LogP contribution in [-0.4, -0.2) is 21.9 Å². The highest BCUT2D eigenvalue weighted by Crippen LogP contribution is 2.22. The van der Waals surface area contributed by atoms with E-state index >= 15 is 0 Å². The summed E-state index contributed by atoms with van der Waals surface area (Å²) in [5.74, 6) is 1.27. The smallest absolute Gasteiger partial charge is 0.336 e. The van der Waals surface area contributed by atoms with Crippen molar-refractivity contribution in [3.05, 3.63) is 57.0 Å². The summed E-state index contributed by atoms with van der Waals surface area (Å²) in [6, 6.07) is 5.11. The Hall–Kier alpha value is -2.61. The third-order valence-corrected chi connectivity index (χ3v) is 4.76. The van der Waals surface area contributed by atoms with Crippen LogP contribution in [0, 0.1) is 20.8 Å². The highest BCUT2D eigenvalue weighted by molar-refractivity contribution is 7.99. The number of aromatic nitrogens is 2. The fourth-order valence-electron chi connectivity index (χ4n) is 2.43. The molecular weight excluding hydrogens is 356 g/mol. The number of esters is 1. The average molecular weight is 374 g/mol. The molecule has 0 aliphatic heterocycles. The summed E-state index contributed by atoms with van der Waals surface area (Å²) in [6.45, 7) is 5.65. The summed E-state index contributed by atoms with van der Waals surface area (Å²) < 4.78 is 15.4. The van der Waals surface area contributed by atoms with Gasteiger partial charge in [-0.2, -0.15) is 4.98 Å². The predicted molar refractivity (Wildman–Crippen MR) is 97.0 cm³/mol. The molecule has 0 fully saturated rings. The van der Waals surface area contributed by atoms with Crippen LogP contribution < -0.4 is 5.63 Å². The number of ether oxygens (including phenoxy) is 1. The summed E-state index contributed by atoms with van der Waals surface area (Å²) in [6.07, 6.45) is 0. The van der Waals surface area contributed by atoms with E-state index in [2.05, 4.69) is 10.1 Å². The molecule has 2 aromatic heterocycles. The van der Waals surface area contributed by atoms with Gasteiger partial charge >= 0.3 is 11.6 Å². The average Bonchev–Trinajstić information content (AvgIpc) is 2.99. The van der Waals surface area contributed by atoms with Gasteiger partial charge in [-0.05, 0) is 37.1 Å². The molecule has 0 spiro atoms. The number of nitrogens with zero attached hydrogens (tertiary/aromatic N) is 2. The zero-order chi connectivity index (χ0) is 18.7. The van der Waals surface area contributed by atoms with E-state index < -0.39 is 5.63 Å². The van der Waals surface area contributed by atoms with Crippen molar-refractivity contribution in [1.29, 1.82) is 0 Å². The Morgan fingerprint density at radius 3 is 2.69 bits per heavy atom. The van der Waals surface area contributed by atoms with Gasteiger partial charge in [0, 0.05) is 23.9 Å². The maximum absolute atomic E-state index is 11.9. The molecule has 0 radical (unpaired) electrons. The minimum Gasteiger partial charge on any atom is -0.460 e. The van der Waals surface area contributed by atoms with E-state index in [1.807, 2.05) is 26.0 Å². The van der Waals surface area contributed by atoms with Crippen LogP contribution in [0.5, 0.6) is 0 Å². The summed E-state index contributed by atoms with van der Waals surface area (Å²) in [4.78, 5) is 27.8. The SMILES string of the molecule is Cc1nc(CSCC(=O)OCc2cc(=O)oc3cc(C)c(C)cc23)no1. The summed E-state index contributed by atoms with van der Waals surface area (Å²) >= 11 is 1.33. The molecule has 0 amide bonds. The lowest BCUT2D eigenvalue weighted by atomic mass is 10.0. The minimum atomic E-state index is -0.464. The Kier molecular flexibility index (Phi) is 5.41. The highest BCUT2D eigenvalue weighted by atomic mass is 32.2. The summed E-state index contributed by atoms with van der Waals surface area (Å²) in [7, 11) is 0. The van der Waals surface area contributed by atoms with Gasteiger partial charge in [-0.1, -0.05) is 5.16 Å².